The minimum atomic E-state index is -1.72. The van der Waals surface area contributed by atoms with Gasteiger partial charge < -0.3 is 64.2 Å². The Morgan fingerprint density at radius 2 is 1.02 bits per heavy atom. The molecule has 0 saturated carbocycles. The number of rotatable bonds is 36. The SMILES string of the molecule is CC/C=C\C/C=C\C/C=C\C/C=C\C/C=C\CCCC(=O)OC(COCCCCCCCCCCCCCC)COC1OC(COC2OC(CO)C(O)C(O)C2O)C(O)C(O)C1O. The Hall–Kier alpha value is -2.31. The molecule has 0 aliphatic carbocycles. The van der Waals surface area contributed by atoms with E-state index in [1.165, 1.54) is 57.8 Å². The van der Waals surface area contributed by atoms with Crippen LogP contribution in [0.5, 0.6) is 0 Å². The first-order valence-electron chi connectivity index (χ1n) is 23.9. The van der Waals surface area contributed by atoms with Crippen LogP contribution in [0, 0.1) is 0 Å². The van der Waals surface area contributed by atoms with Gasteiger partial charge in [0.2, 0.25) is 0 Å². The number of hydrogen-bond acceptors (Lipinski definition) is 14. The van der Waals surface area contributed by atoms with E-state index in [4.69, 9.17) is 28.4 Å². The fourth-order valence-electron chi connectivity index (χ4n) is 7.14. The quantitative estimate of drug-likeness (QED) is 0.0213. The Bertz CT molecular complexity index is 1270. The lowest BCUT2D eigenvalue weighted by Crippen LogP contribution is -2.61. The monoisotopic (exact) mass is 897 g/mol. The predicted octanol–water partition coefficient (Wildman–Crippen LogP) is 6.18. The van der Waals surface area contributed by atoms with Gasteiger partial charge in [0, 0.05) is 13.0 Å². The minimum Gasteiger partial charge on any atom is -0.457 e. The maximum Gasteiger partial charge on any atom is 0.306 e. The highest BCUT2D eigenvalue weighted by Gasteiger charge is 2.47. The Morgan fingerprint density at radius 1 is 0.540 bits per heavy atom. The summed E-state index contributed by atoms with van der Waals surface area (Å²) in [5.74, 6) is -0.434. The molecule has 7 N–H and O–H groups in total. The number of aliphatic hydroxyl groups is 7. The summed E-state index contributed by atoms with van der Waals surface area (Å²) in [6.07, 6.45) is 25.8. The van der Waals surface area contributed by atoms with E-state index in [1.54, 1.807) is 0 Å². The van der Waals surface area contributed by atoms with Crippen molar-refractivity contribution >= 4 is 5.97 Å². The molecule has 14 nitrogen and oxygen atoms in total. The molecule has 14 heteroatoms. The summed E-state index contributed by atoms with van der Waals surface area (Å²) in [5, 5.41) is 72.0. The zero-order valence-corrected chi connectivity index (χ0v) is 38.3. The summed E-state index contributed by atoms with van der Waals surface area (Å²) in [4.78, 5) is 12.9. The maximum absolute atomic E-state index is 12.9. The zero-order chi connectivity index (χ0) is 45.9. The number of carbonyl (C=O) groups excluding carboxylic acids is 1. The topological polar surface area (TPSA) is 214 Å². The van der Waals surface area contributed by atoms with Gasteiger partial charge in [0.25, 0.3) is 0 Å². The molecule has 0 bridgehead atoms. The summed E-state index contributed by atoms with van der Waals surface area (Å²) in [6.45, 7) is 3.48. The van der Waals surface area contributed by atoms with Crippen molar-refractivity contribution in [2.75, 3.05) is 33.0 Å². The van der Waals surface area contributed by atoms with E-state index in [9.17, 15) is 40.5 Å². The van der Waals surface area contributed by atoms with Crippen LogP contribution in [0.25, 0.3) is 0 Å². The van der Waals surface area contributed by atoms with Gasteiger partial charge in [-0.25, -0.2) is 0 Å². The van der Waals surface area contributed by atoms with Gasteiger partial charge >= 0.3 is 5.97 Å². The van der Waals surface area contributed by atoms with Gasteiger partial charge in [-0.3, -0.25) is 4.79 Å². The highest BCUT2D eigenvalue weighted by molar-refractivity contribution is 5.69. The first-order chi connectivity index (χ1) is 30.6. The highest BCUT2D eigenvalue weighted by atomic mass is 16.7. The fourth-order valence-corrected chi connectivity index (χ4v) is 7.14. The molecule has 11 atom stereocenters. The van der Waals surface area contributed by atoms with Gasteiger partial charge in [-0.2, -0.15) is 0 Å². The molecule has 0 amide bonds. The third kappa shape index (κ3) is 25.3. The van der Waals surface area contributed by atoms with Crippen LogP contribution in [0.4, 0.5) is 0 Å². The van der Waals surface area contributed by atoms with Crippen LogP contribution in [0.2, 0.25) is 0 Å². The van der Waals surface area contributed by atoms with Crippen LogP contribution in [0.1, 0.15) is 142 Å². The average Bonchev–Trinajstić information content (AvgIpc) is 3.28. The molecule has 2 aliphatic rings. The number of allylic oxidation sites excluding steroid dienone is 10. The van der Waals surface area contributed by atoms with Crippen molar-refractivity contribution in [3.8, 4) is 0 Å². The van der Waals surface area contributed by atoms with E-state index in [2.05, 4.69) is 68.5 Å². The zero-order valence-electron chi connectivity index (χ0n) is 38.3. The third-order valence-corrected chi connectivity index (χ3v) is 11.0. The molecule has 0 radical (unpaired) electrons. The van der Waals surface area contributed by atoms with Gasteiger partial charge in [0.15, 0.2) is 12.6 Å². The summed E-state index contributed by atoms with van der Waals surface area (Å²) in [5.41, 5.74) is 0. The van der Waals surface area contributed by atoms with E-state index in [0.29, 0.717) is 19.4 Å². The summed E-state index contributed by atoms with van der Waals surface area (Å²) < 4.78 is 34.1. The number of carbonyl (C=O) groups is 1. The second-order valence-corrected chi connectivity index (χ2v) is 16.6. The Morgan fingerprint density at radius 3 is 1.56 bits per heavy atom. The lowest BCUT2D eigenvalue weighted by atomic mass is 9.98. The van der Waals surface area contributed by atoms with Crippen molar-refractivity contribution < 1.29 is 69.0 Å². The fraction of sp³-hybridized carbons (Fsp3) is 0.776. The summed E-state index contributed by atoms with van der Waals surface area (Å²) >= 11 is 0. The molecule has 63 heavy (non-hydrogen) atoms. The number of esters is 1. The predicted molar refractivity (Wildman–Crippen MR) is 242 cm³/mol. The van der Waals surface area contributed by atoms with Gasteiger partial charge in [-0.15, -0.1) is 0 Å². The van der Waals surface area contributed by atoms with Gasteiger partial charge in [-0.1, -0.05) is 145 Å². The molecular formula is C49H84O14. The summed E-state index contributed by atoms with van der Waals surface area (Å²) in [7, 11) is 0. The standard InChI is InChI=1S/C49H84O14/c1-3-5-7-9-11-13-15-17-18-19-20-21-22-24-26-28-30-32-41(51)61-38(35-58-33-31-29-27-25-23-16-14-12-10-8-6-4-2)36-59-48-47(57)45(55)43(53)40(63-48)37-60-49-46(56)44(54)42(52)39(34-50)62-49/h5,7,11,13,17-18,20-21,24,26,38-40,42-50,52-57H,3-4,6,8-10,12,14-16,19,22-23,25,27-37H2,1-2H3/b7-5-,13-11-,18-17-,21-20-,26-24-. The second-order valence-electron chi connectivity index (χ2n) is 16.6. The van der Waals surface area contributed by atoms with Crippen molar-refractivity contribution in [2.24, 2.45) is 0 Å². The molecule has 2 aliphatic heterocycles. The molecule has 11 unspecified atom stereocenters. The van der Waals surface area contributed by atoms with E-state index >= 15 is 0 Å². The number of aliphatic hydroxyl groups excluding tert-OH is 7. The van der Waals surface area contributed by atoms with Crippen LogP contribution in [0.15, 0.2) is 60.8 Å². The molecule has 0 aromatic carbocycles. The van der Waals surface area contributed by atoms with Crippen molar-refractivity contribution in [3.63, 3.8) is 0 Å². The van der Waals surface area contributed by atoms with Crippen molar-refractivity contribution in [1.82, 2.24) is 0 Å². The van der Waals surface area contributed by atoms with Crippen molar-refractivity contribution in [2.45, 2.75) is 210 Å². The highest BCUT2D eigenvalue weighted by Crippen LogP contribution is 2.26. The van der Waals surface area contributed by atoms with E-state index < -0.39 is 86.7 Å². The lowest BCUT2D eigenvalue weighted by molar-refractivity contribution is -0.332. The normalized spacial score (nSPS) is 27.5. The van der Waals surface area contributed by atoms with Crippen LogP contribution >= 0.6 is 0 Å². The molecule has 0 aromatic rings. The molecule has 364 valence electrons. The molecule has 2 rings (SSSR count). The molecule has 0 spiro atoms. The van der Waals surface area contributed by atoms with Gasteiger partial charge in [0.1, 0.15) is 54.9 Å². The van der Waals surface area contributed by atoms with Crippen molar-refractivity contribution in [1.29, 1.82) is 0 Å². The lowest BCUT2D eigenvalue weighted by Gasteiger charge is -2.42. The first-order valence-corrected chi connectivity index (χ1v) is 23.9. The van der Waals surface area contributed by atoms with Crippen LogP contribution in [-0.2, 0) is 33.2 Å². The van der Waals surface area contributed by atoms with Crippen LogP contribution in [-0.4, -0.2) is 142 Å². The number of hydrogen-bond donors (Lipinski definition) is 7. The number of ether oxygens (including phenoxy) is 6. The molecule has 0 aromatic heterocycles. The van der Waals surface area contributed by atoms with E-state index in [1.807, 2.05) is 6.08 Å². The molecule has 2 saturated heterocycles. The van der Waals surface area contributed by atoms with Gasteiger partial charge in [0.05, 0.1) is 26.4 Å². The van der Waals surface area contributed by atoms with Crippen molar-refractivity contribution in [3.05, 3.63) is 60.8 Å². The van der Waals surface area contributed by atoms with E-state index in [0.717, 1.165) is 51.4 Å². The largest absolute Gasteiger partial charge is 0.457 e. The third-order valence-electron chi connectivity index (χ3n) is 11.0. The Labute approximate surface area is 377 Å². The average molecular weight is 897 g/mol. The molecule has 2 fully saturated rings. The Kier molecular flexibility index (Phi) is 33.2. The van der Waals surface area contributed by atoms with E-state index in [-0.39, 0.29) is 19.6 Å². The van der Waals surface area contributed by atoms with Crippen LogP contribution in [0.3, 0.4) is 0 Å². The second kappa shape index (κ2) is 36.9. The summed E-state index contributed by atoms with van der Waals surface area (Å²) in [6, 6.07) is 0. The molecular weight excluding hydrogens is 813 g/mol. The van der Waals surface area contributed by atoms with Gasteiger partial charge in [-0.05, 0) is 51.4 Å². The maximum atomic E-state index is 12.9. The van der Waals surface area contributed by atoms with Crippen LogP contribution < -0.4 is 0 Å². The minimum absolute atomic E-state index is 0.0379. The number of unbranched alkanes of at least 4 members (excludes halogenated alkanes) is 12. The first kappa shape index (κ1) is 56.8. The molecule has 2 heterocycles. The Balaban J connectivity index is 1.83. The smallest absolute Gasteiger partial charge is 0.306 e.